The molecular formula is C14H11F4N. The van der Waals surface area contributed by atoms with Gasteiger partial charge in [0.25, 0.3) is 0 Å². The second-order valence-corrected chi connectivity index (χ2v) is 4.29. The average Bonchev–Trinajstić information content (AvgIpc) is 2.40. The van der Waals surface area contributed by atoms with Crippen molar-refractivity contribution < 1.29 is 17.6 Å². The lowest BCUT2D eigenvalue weighted by Crippen LogP contribution is -2.08. The summed E-state index contributed by atoms with van der Waals surface area (Å²) in [4.78, 5) is 1.83. The molecule has 0 saturated carbocycles. The van der Waals surface area contributed by atoms with E-state index >= 15 is 0 Å². The van der Waals surface area contributed by atoms with Crippen molar-refractivity contribution in [3.63, 3.8) is 0 Å². The summed E-state index contributed by atoms with van der Waals surface area (Å²) < 4.78 is 52.7. The van der Waals surface area contributed by atoms with Gasteiger partial charge in [0.1, 0.15) is 0 Å². The van der Waals surface area contributed by atoms with Crippen LogP contribution in [-0.2, 0) is 0 Å². The van der Waals surface area contributed by atoms with Crippen molar-refractivity contribution >= 4 is 5.69 Å². The summed E-state index contributed by atoms with van der Waals surface area (Å²) in [5.41, 5.74) is 0.829. The molecule has 0 aliphatic carbocycles. The maximum Gasteiger partial charge on any atom is 0.198 e. The van der Waals surface area contributed by atoms with E-state index in [1.54, 1.807) is 12.1 Å². The molecular weight excluding hydrogens is 258 g/mol. The topological polar surface area (TPSA) is 3.24 Å². The molecule has 0 amide bonds. The van der Waals surface area contributed by atoms with E-state index in [-0.39, 0.29) is 11.1 Å². The molecule has 0 heterocycles. The first-order valence-electron chi connectivity index (χ1n) is 5.52. The molecule has 0 spiro atoms. The van der Waals surface area contributed by atoms with E-state index < -0.39 is 23.3 Å². The van der Waals surface area contributed by atoms with Crippen LogP contribution in [0, 0.1) is 23.3 Å². The molecule has 0 saturated heterocycles. The van der Waals surface area contributed by atoms with Crippen LogP contribution in [0.3, 0.4) is 0 Å². The van der Waals surface area contributed by atoms with Gasteiger partial charge in [0.2, 0.25) is 0 Å². The summed E-state index contributed by atoms with van der Waals surface area (Å²) >= 11 is 0. The Balaban J connectivity index is 2.53. The van der Waals surface area contributed by atoms with Gasteiger partial charge in [-0.25, -0.2) is 17.6 Å². The first kappa shape index (κ1) is 13.4. The van der Waals surface area contributed by atoms with Gasteiger partial charge in [0, 0.05) is 25.3 Å². The van der Waals surface area contributed by atoms with E-state index in [0.717, 1.165) is 5.69 Å². The lowest BCUT2D eigenvalue weighted by atomic mass is 10.0. The monoisotopic (exact) mass is 269 g/mol. The lowest BCUT2D eigenvalue weighted by Gasteiger charge is -2.13. The van der Waals surface area contributed by atoms with Crippen LogP contribution >= 0.6 is 0 Å². The Labute approximate surface area is 108 Å². The smallest absolute Gasteiger partial charge is 0.198 e. The van der Waals surface area contributed by atoms with Gasteiger partial charge >= 0.3 is 0 Å². The number of anilines is 1. The predicted molar refractivity (Wildman–Crippen MR) is 66.0 cm³/mol. The Kier molecular flexibility index (Phi) is 3.46. The second-order valence-electron chi connectivity index (χ2n) is 4.29. The molecule has 5 heteroatoms. The SMILES string of the molecule is CN(C)c1ccc(-c2cc(F)c(F)c(F)c2F)cc1. The Morgan fingerprint density at radius 3 is 1.89 bits per heavy atom. The summed E-state index contributed by atoms with van der Waals surface area (Å²) in [6.07, 6.45) is 0. The van der Waals surface area contributed by atoms with Crippen LogP contribution in [0.5, 0.6) is 0 Å². The maximum absolute atomic E-state index is 13.6. The van der Waals surface area contributed by atoms with E-state index in [1.807, 2.05) is 19.0 Å². The Bertz CT molecular complexity index is 606. The molecule has 0 N–H and O–H groups in total. The molecule has 0 aliphatic rings. The highest BCUT2D eigenvalue weighted by Gasteiger charge is 2.19. The highest BCUT2D eigenvalue weighted by Crippen LogP contribution is 2.29. The third kappa shape index (κ3) is 2.41. The highest BCUT2D eigenvalue weighted by molar-refractivity contribution is 5.67. The van der Waals surface area contributed by atoms with Crippen molar-refractivity contribution in [3.05, 3.63) is 53.6 Å². The number of hydrogen-bond acceptors (Lipinski definition) is 1. The van der Waals surface area contributed by atoms with Gasteiger partial charge in [-0.1, -0.05) is 12.1 Å². The molecule has 100 valence electrons. The fourth-order valence-corrected chi connectivity index (χ4v) is 1.72. The van der Waals surface area contributed by atoms with Crippen LogP contribution in [0.15, 0.2) is 30.3 Å². The molecule has 0 radical (unpaired) electrons. The number of halogens is 4. The first-order chi connectivity index (χ1) is 8.91. The molecule has 0 atom stereocenters. The first-order valence-corrected chi connectivity index (χ1v) is 5.52. The van der Waals surface area contributed by atoms with E-state index in [9.17, 15) is 17.6 Å². The van der Waals surface area contributed by atoms with Crippen molar-refractivity contribution in [3.8, 4) is 11.1 Å². The predicted octanol–water partition coefficient (Wildman–Crippen LogP) is 3.98. The minimum Gasteiger partial charge on any atom is -0.378 e. The van der Waals surface area contributed by atoms with Crippen LogP contribution in [0.1, 0.15) is 0 Å². The third-order valence-electron chi connectivity index (χ3n) is 2.80. The molecule has 0 aromatic heterocycles. The van der Waals surface area contributed by atoms with Gasteiger partial charge in [0.15, 0.2) is 23.3 Å². The zero-order valence-corrected chi connectivity index (χ0v) is 10.3. The van der Waals surface area contributed by atoms with Gasteiger partial charge in [-0.15, -0.1) is 0 Å². The van der Waals surface area contributed by atoms with Crippen LogP contribution in [0.4, 0.5) is 23.2 Å². The molecule has 0 bridgehead atoms. The van der Waals surface area contributed by atoms with Gasteiger partial charge in [-0.05, 0) is 23.8 Å². The lowest BCUT2D eigenvalue weighted by molar-refractivity contribution is 0.411. The molecule has 0 fully saturated rings. The van der Waals surface area contributed by atoms with E-state index in [1.165, 1.54) is 12.1 Å². The number of nitrogens with zero attached hydrogens (tertiary/aromatic N) is 1. The number of rotatable bonds is 2. The van der Waals surface area contributed by atoms with Crippen LogP contribution in [-0.4, -0.2) is 14.1 Å². The molecule has 0 unspecified atom stereocenters. The fourth-order valence-electron chi connectivity index (χ4n) is 1.72. The zero-order chi connectivity index (χ0) is 14.2. The minimum atomic E-state index is -1.80. The third-order valence-corrected chi connectivity index (χ3v) is 2.80. The van der Waals surface area contributed by atoms with Crippen molar-refractivity contribution in [1.29, 1.82) is 0 Å². The van der Waals surface area contributed by atoms with E-state index in [0.29, 0.717) is 6.07 Å². The van der Waals surface area contributed by atoms with Crippen molar-refractivity contribution in [2.75, 3.05) is 19.0 Å². The van der Waals surface area contributed by atoms with Gasteiger partial charge < -0.3 is 4.90 Å². The quantitative estimate of drug-likeness (QED) is 0.453. The van der Waals surface area contributed by atoms with Crippen LogP contribution < -0.4 is 4.90 Å². The van der Waals surface area contributed by atoms with E-state index in [4.69, 9.17) is 0 Å². The molecule has 0 aliphatic heterocycles. The van der Waals surface area contributed by atoms with E-state index in [2.05, 4.69) is 0 Å². The summed E-state index contributed by atoms with van der Waals surface area (Å²) in [5, 5.41) is 0. The van der Waals surface area contributed by atoms with Crippen LogP contribution in [0.25, 0.3) is 11.1 Å². The largest absolute Gasteiger partial charge is 0.378 e. The maximum atomic E-state index is 13.6. The summed E-state index contributed by atoms with van der Waals surface area (Å²) in [6, 6.07) is 7.04. The normalized spacial score (nSPS) is 10.6. The van der Waals surface area contributed by atoms with Crippen molar-refractivity contribution in [2.45, 2.75) is 0 Å². The Morgan fingerprint density at radius 1 is 0.789 bits per heavy atom. The Morgan fingerprint density at radius 2 is 1.37 bits per heavy atom. The molecule has 2 aromatic rings. The zero-order valence-electron chi connectivity index (χ0n) is 10.3. The second kappa shape index (κ2) is 4.91. The van der Waals surface area contributed by atoms with Crippen LogP contribution in [0.2, 0.25) is 0 Å². The number of benzene rings is 2. The summed E-state index contributed by atoms with van der Waals surface area (Å²) in [7, 11) is 3.65. The summed E-state index contributed by atoms with van der Waals surface area (Å²) in [5.74, 6) is -6.40. The average molecular weight is 269 g/mol. The highest BCUT2D eigenvalue weighted by atomic mass is 19.2. The van der Waals surface area contributed by atoms with Gasteiger partial charge in [0.05, 0.1) is 0 Å². The van der Waals surface area contributed by atoms with Gasteiger partial charge in [-0.2, -0.15) is 0 Å². The fraction of sp³-hybridized carbons (Fsp3) is 0.143. The molecule has 19 heavy (non-hydrogen) atoms. The molecule has 1 nitrogen and oxygen atoms in total. The molecule has 2 aromatic carbocycles. The van der Waals surface area contributed by atoms with Crippen molar-refractivity contribution in [2.24, 2.45) is 0 Å². The standard InChI is InChI=1S/C14H11F4N/c1-19(2)9-5-3-8(4-6-9)10-7-11(15)13(17)14(18)12(10)16/h3-7H,1-2H3. The van der Waals surface area contributed by atoms with Crippen molar-refractivity contribution in [1.82, 2.24) is 0 Å². The number of hydrogen-bond donors (Lipinski definition) is 0. The Hall–Kier alpha value is -2.04. The van der Waals surface area contributed by atoms with Gasteiger partial charge in [-0.3, -0.25) is 0 Å². The minimum absolute atomic E-state index is 0.279. The summed E-state index contributed by atoms with van der Waals surface area (Å²) in [6.45, 7) is 0. The molecule has 2 rings (SSSR count).